The van der Waals surface area contributed by atoms with Gasteiger partial charge in [-0.2, -0.15) is 11.8 Å². The molecule has 7 heteroatoms. The van der Waals surface area contributed by atoms with Crippen molar-refractivity contribution in [2.75, 3.05) is 31.1 Å². The van der Waals surface area contributed by atoms with Crippen LogP contribution in [-0.4, -0.2) is 47.1 Å². The summed E-state index contributed by atoms with van der Waals surface area (Å²) in [5.41, 5.74) is 1.40. The van der Waals surface area contributed by atoms with Crippen LogP contribution in [0, 0.1) is 6.92 Å². The van der Waals surface area contributed by atoms with Crippen LogP contribution in [0.25, 0.3) is 0 Å². The van der Waals surface area contributed by atoms with Gasteiger partial charge in [-0.1, -0.05) is 5.16 Å². The van der Waals surface area contributed by atoms with Crippen molar-refractivity contribution < 1.29 is 13.7 Å². The monoisotopic (exact) mass is 321 g/mol. The third kappa shape index (κ3) is 3.53. The van der Waals surface area contributed by atoms with Crippen molar-refractivity contribution in [1.82, 2.24) is 15.4 Å². The molecule has 3 rings (SSSR count). The van der Waals surface area contributed by atoms with Gasteiger partial charge in [0, 0.05) is 42.8 Å². The predicted molar refractivity (Wildman–Crippen MR) is 83.9 cm³/mol. The summed E-state index contributed by atoms with van der Waals surface area (Å²) in [5.74, 6) is 2.65. The Morgan fingerprint density at radius 3 is 2.95 bits per heavy atom. The number of hydrogen-bond donors (Lipinski definition) is 1. The van der Waals surface area contributed by atoms with E-state index in [4.69, 9.17) is 8.94 Å². The molecule has 118 valence electrons. The Labute approximate surface area is 133 Å². The second-order valence-electron chi connectivity index (χ2n) is 5.25. The summed E-state index contributed by atoms with van der Waals surface area (Å²) < 4.78 is 10.2. The van der Waals surface area contributed by atoms with Gasteiger partial charge in [-0.25, -0.2) is 0 Å². The van der Waals surface area contributed by atoms with Crippen molar-refractivity contribution in [2.24, 2.45) is 0 Å². The van der Waals surface area contributed by atoms with E-state index in [1.165, 1.54) is 0 Å². The molecule has 2 aromatic rings. The fourth-order valence-electron chi connectivity index (χ4n) is 2.56. The first-order chi connectivity index (χ1) is 10.7. The minimum atomic E-state index is -0.211. The number of aromatic nitrogens is 1. The number of nitrogens with one attached hydrogen (secondary N) is 1. The number of carbonyl (C=O) groups is 1. The highest BCUT2D eigenvalue weighted by Gasteiger charge is 2.24. The molecule has 2 aromatic heterocycles. The molecular formula is C15H19N3O3S. The zero-order valence-electron chi connectivity index (χ0n) is 12.4. The van der Waals surface area contributed by atoms with Crippen molar-refractivity contribution in [3.63, 3.8) is 0 Å². The summed E-state index contributed by atoms with van der Waals surface area (Å²) >= 11 is 1.96. The highest BCUT2D eigenvalue weighted by Crippen LogP contribution is 2.24. The molecule has 1 aliphatic heterocycles. The molecule has 0 saturated carbocycles. The first-order valence-corrected chi connectivity index (χ1v) is 8.45. The average molecular weight is 321 g/mol. The summed E-state index contributed by atoms with van der Waals surface area (Å²) in [7, 11) is 0. The van der Waals surface area contributed by atoms with Gasteiger partial charge in [0.05, 0.1) is 18.6 Å². The number of thioether (sulfide) groups is 1. The normalized spacial score (nSPS) is 17.3. The highest BCUT2D eigenvalue weighted by atomic mass is 32.2. The minimum absolute atomic E-state index is 0.122. The molecular weight excluding hydrogens is 302 g/mol. The van der Waals surface area contributed by atoms with Gasteiger partial charge in [0.1, 0.15) is 5.76 Å². The molecule has 22 heavy (non-hydrogen) atoms. The average Bonchev–Trinajstić information content (AvgIpc) is 3.20. The van der Waals surface area contributed by atoms with Gasteiger partial charge < -0.3 is 14.3 Å². The molecule has 0 aromatic carbocycles. The van der Waals surface area contributed by atoms with E-state index >= 15 is 0 Å². The zero-order chi connectivity index (χ0) is 15.4. The molecule has 3 heterocycles. The molecule has 1 aliphatic rings. The van der Waals surface area contributed by atoms with Gasteiger partial charge in [0.2, 0.25) is 0 Å². The number of rotatable bonds is 5. The third-order valence-electron chi connectivity index (χ3n) is 3.73. The van der Waals surface area contributed by atoms with Crippen molar-refractivity contribution in [3.05, 3.63) is 41.7 Å². The highest BCUT2D eigenvalue weighted by molar-refractivity contribution is 7.99. The van der Waals surface area contributed by atoms with Crippen LogP contribution in [0.3, 0.4) is 0 Å². The lowest BCUT2D eigenvalue weighted by Gasteiger charge is -2.33. The lowest BCUT2D eigenvalue weighted by molar-refractivity contribution is 0.0925. The molecule has 1 atom stereocenters. The van der Waals surface area contributed by atoms with Crippen LogP contribution >= 0.6 is 11.8 Å². The molecule has 1 unspecified atom stereocenters. The first kappa shape index (κ1) is 15.2. The van der Waals surface area contributed by atoms with E-state index in [0.29, 0.717) is 18.0 Å². The number of aryl methyl sites for hydroxylation is 1. The molecule has 1 N–H and O–H groups in total. The lowest BCUT2D eigenvalue weighted by Crippen LogP contribution is -2.42. The van der Waals surface area contributed by atoms with Crippen molar-refractivity contribution in [1.29, 1.82) is 0 Å². The van der Waals surface area contributed by atoms with Gasteiger partial charge in [-0.3, -0.25) is 9.69 Å². The second kappa shape index (κ2) is 7.02. The maximum atomic E-state index is 12.1. The van der Waals surface area contributed by atoms with Crippen LogP contribution in [0.5, 0.6) is 0 Å². The van der Waals surface area contributed by atoms with Gasteiger partial charge in [-0.05, 0) is 13.0 Å². The van der Waals surface area contributed by atoms with Crippen LogP contribution in [0.1, 0.15) is 27.9 Å². The van der Waals surface area contributed by atoms with Crippen molar-refractivity contribution in [2.45, 2.75) is 13.0 Å². The fourth-order valence-corrected chi connectivity index (χ4v) is 3.50. The number of amides is 1. The Balaban J connectivity index is 1.66. The largest absolute Gasteiger partial charge is 0.472 e. The molecule has 6 nitrogen and oxygen atoms in total. The Kier molecular flexibility index (Phi) is 4.84. The quantitative estimate of drug-likeness (QED) is 0.909. The van der Waals surface area contributed by atoms with E-state index in [1.54, 1.807) is 25.5 Å². The van der Waals surface area contributed by atoms with Gasteiger partial charge in [0.15, 0.2) is 5.69 Å². The number of furan rings is 1. The van der Waals surface area contributed by atoms with Crippen LogP contribution in [0.4, 0.5) is 0 Å². The molecule has 0 radical (unpaired) electrons. The van der Waals surface area contributed by atoms with E-state index in [9.17, 15) is 4.79 Å². The molecule has 0 spiro atoms. The zero-order valence-corrected chi connectivity index (χ0v) is 13.3. The standard InChI is InChI=1S/C15H19N3O3S/c1-11-8-13(17-21-11)15(19)16-9-14(12-2-5-20-10-12)18-3-6-22-7-4-18/h2,5,8,10,14H,3-4,6-7,9H2,1H3,(H,16,19). The van der Waals surface area contributed by atoms with E-state index in [2.05, 4.69) is 15.4 Å². The maximum Gasteiger partial charge on any atom is 0.273 e. The molecule has 1 saturated heterocycles. The first-order valence-electron chi connectivity index (χ1n) is 7.29. The van der Waals surface area contributed by atoms with Crippen LogP contribution < -0.4 is 5.32 Å². The van der Waals surface area contributed by atoms with Crippen LogP contribution in [0.15, 0.2) is 33.6 Å². The summed E-state index contributed by atoms with van der Waals surface area (Å²) in [6, 6.07) is 3.72. The van der Waals surface area contributed by atoms with Gasteiger partial charge in [0.25, 0.3) is 5.91 Å². The molecule has 1 amide bonds. The Hall–Kier alpha value is -1.73. The Morgan fingerprint density at radius 2 is 2.32 bits per heavy atom. The second-order valence-corrected chi connectivity index (χ2v) is 6.48. The van der Waals surface area contributed by atoms with Gasteiger partial charge in [-0.15, -0.1) is 0 Å². The molecule has 0 bridgehead atoms. The van der Waals surface area contributed by atoms with Crippen molar-refractivity contribution in [3.8, 4) is 0 Å². The topological polar surface area (TPSA) is 71.5 Å². The third-order valence-corrected chi connectivity index (χ3v) is 4.67. The van der Waals surface area contributed by atoms with Crippen molar-refractivity contribution >= 4 is 17.7 Å². The van der Waals surface area contributed by atoms with Crippen LogP contribution in [-0.2, 0) is 0 Å². The fraction of sp³-hybridized carbons (Fsp3) is 0.467. The minimum Gasteiger partial charge on any atom is -0.472 e. The number of carbonyl (C=O) groups excluding carboxylic acids is 1. The number of hydrogen-bond acceptors (Lipinski definition) is 6. The van der Waals surface area contributed by atoms with Gasteiger partial charge >= 0.3 is 0 Å². The lowest BCUT2D eigenvalue weighted by atomic mass is 10.1. The van der Waals surface area contributed by atoms with Crippen LogP contribution in [0.2, 0.25) is 0 Å². The Morgan fingerprint density at radius 1 is 1.50 bits per heavy atom. The van der Waals surface area contributed by atoms with E-state index in [1.807, 2.05) is 17.8 Å². The molecule has 0 aliphatic carbocycles. The van der Waals surface area contributed by atoms with E-state index in [-0.39, 0.29) is 11.9 Å². The number of nitrogens with zero attached hydrogens (tertiary/aromatic N) is 2. The van der Waals surface area contributed by atoms with E-state index < -0.39 is 0 Å². The Bertz CT molecular complexity index is 605. The van der Waals surface area contributed by atoms with E-state index in [0.717, 1.165) is 30.2 Å². The maximum absolute atomic E-state index is 12.1. The summed E-state index contributed by atoms with van der Waals surface area (Å²) in [6.07, 6.45) is 3.42. The predicted octanol–water partition coefficient (Wildman–Crippen LogP) is 2.10. The smallest absolute Gasteiger partial charge is 0.273 e. The SMILES string of the molecule is Cc1cc(C(=O)NCC(c2ccoc2)N2CCSCC2)no1. The summed E-state index contributed by atoms with van der Waals surface area (Å²) in [4.78, 5) is 14.5. The summed E-state index contributed by atoms with van der Waals surface area (Å²) in [5, 5.41) is 6.69. The summed E-state index contributed by atoms with van der Waals surface area (Å²) in [6.45, 7) is 4.32. The molecule has 1 fully saturated rings.